The van der Waals surface area contributed by atoms with Crippen LogP contribution in [0, 0.1) is 6.92 Å². The Bertz CT molecular complexity index is 624. The molecule has 118 valence electrons. The SMILES string of the molecule is Cc1cc(NCCNc2cccc(C(F)(F)F)[nH+]2)nc(N)n1. The molecule has 2 heterocycles. The normalized spacial score (nSPS) is 11.3. The Morgan fingerprint density at radius 3 is 2.59 bits per heavy atom. The molecule has 22 heavy (non-hydrogen) atoms. The number of anilines is 3. The number of hydrogen-bond donors (Lipinski definition) is 3. The van der Waals surface area contributed by atoms with E-state index in [0.717, 1.165) is 11.8 Å². The molecule has 0 amide bonds. The summed E-state index contributed by atoms with van der Waals surface area (Å²) < 4.78 is 37.7. The maximum atomic E-state index is 12.6. The lowest BCUT2D eigenvalue weighted by atomic mass is 10.3. The second kappa shape index (κ2) is 6.46. The van der Waals surface area contributed by atoms with Crippen molar-refractivity contribution in [2.24, 2.45) is 0 Å². The Morgan fingerprint density at radius 2 is 1.91 bits per heavy atom. The minimum Gasteiger partial charge on any atom is -0.368 e. The van der Waals surface area contributed by atoms with Crippen LogP contribution in [0.1, 0.15) is 11.4 Å². The van der Waals surface area contributed by atoms with E-state index in [4.69, 9.17) is 5.73 Å². The lowest BCUT2D eigenvalue weighted by Crippen LogP contribution is -2.26. The van der Waals surface area contributed by atoms with Crippen LogP contribution in [-0.4, -0.2) is 23.1 Å². The molecule has 0 bridgehead atoms. The molecule has 0 spiro atoms. The van der Waals surface area contributed by atoms with Gasteiger partial charge in [-0.3, -0.25) is 5.32 Å². The zero-order valence-electron chi connectivity index (χ0n) is 11.8. The van der Waals surface area contributed by atoms with E-state index in [1.807, 2.05) is 0 Å². The number of hydrogen-bond acceptors (Lipinski definition) is 5. The van der Waals surface area contributed by atoms with Crippen molar-refractivity contribution < 1.29 is 18.2 Å². The maximum absolute atomic E-state index is 12.6. The number of nitrogen functional groups attached to an aromatic ring is 1. The van der Waals surface area contributed by atoms with E-state index < -0.39 is 11.9 Å². The second-order valence-corrected chi connectivity index (χ2v) is 4.58. The molecule has 2 aromatic rings. The van der Waals surface area contributed by atoms with Crippen LogP contribution in [0.5, 0.6) is 0 Å². The Kier molecular flexibility index (Phi) is 4.64. The predicted molar refractivity (Wildman–Crippen MR) is 76.2 cm³/mol. The van der Waals surface area contributed by atoms with Crippen LogP contribution in [0.2, 0.25) is 0 Å². The highest BCUT2D eigenvalue weighted by Crippen LogP contribution is 2.25. The summed E-state index contributed by atoms with van der Waals surface area (Å²) >= 11 is 0. The molecule has 2 aromatic heterocycles. The highest BCUT2D eigenvalue weighted by Gasteiger charge is 2.34. The van der Waals surface area contributed by atoms with Crippen LogP contribution in [0.25, 0.3) is 0 Å². The monoisotopic (exact) mass is 313 g/mol. The lowest BCUT2D eigenvalue weighted by Gasteiger charge is -2.07. The standard InChI is InChI=1S/C13H15F3N6/c1-8-7-11(22-12(17)20-8)19-6-5-18-10-4-2-3-9(21-10)13(14,15)16/h2-4,7H,5-6H2,1H3,(H,18,21)(H3,17,19,20,22)/p+1. The average molecular weight is 313 g/mol. The topological polar surface area (TPSA) is 90.0 Å². The number of nitrogens with one attached hydrogen (secondary N) is 3. The van der Waals surface area contributed by atoms with Gasteiger partial charge in [-0.1, -0.05) is 0 Å². The number of nitrogens with two attached hydrogens (primary N) is 1. The molecule has 5 N–H and O–H groups in total. The molecular formula is C13H16F3N6+. The van der Waals surface area contributed by atoms with Gasteiger partial charge in [0, 0.05) is 17.8 Å². The number of alkyl halides is 3. The summed E-state index contributed by atoms with van der Waals surface area (Å²) in [7, 11) is 0. The summed E-state index contributed by atoms with van der Waals surface area (Å²) in [6, 6.07) is 5.58. The fraction of sp³-hybridized carbons (Fsp3) is 0.308. The third-order valence-corrected chi connectivity index (χ3v) is 2.72. The molecule has 0 unspecified atom stereocenters. The Balaban J connectivity index is 1.86. The second-order valence-electron chi connectivity index (χ2n) is 4.58. The molecule has 0 aliphatic rings. The number of aromatic nitrogens is 3. The molecule has 9 heteroatoms. The fourth-order valence-electron chi connectivity index (χ4n) is 1.81. The summed E-state index contributed by atoms with van der Waals surface area (Å²) in [4.78, 5) is 10.2. The number of aromatic amines is 1. The highest BCUT2D eigenvalue weighted by atomic mass is 19.4. The fourth-order valence-corrected chi connectivity index (χ4v) is 1.81. The van der Waals surface area contributed by atoms with Crippen LogP contribution < -0.4 is 21.4 Å². The summed E-state index contributed by atoms with van der Waals surface area (Å²) in [6.45, 7) is 2.65. The van der Waals surface area contributed by atoms with Gasteiger partial charge in [0.15, 0.2) is 0 Å². The molecule has 0 saturated heterocycles. The van der Waals surface area contributed by atoms with Gasteiger partial charge in [-0.15, -0.1) is 0 Å². The van der Waals surface area contributed by atoms with Gasteiger partial charge in [-0.2, -0.15) is 18.2 Å². The first-order valence-electron chi connectivity index (χ1n) is 6.53. The van der Waals surface area contributed by atoms with Crippen molar-refractivity contribution in [1.82, 2.24) is 9.97 Å². The Hall–Kier alpha value is -2.58. The van der Waals surface area contributed by atoms with E-state index in [1.165, 1.54) is 12.1 Å². The summed E-state index contributed by atoms with van der Waals surface area (Å²) in [6.07, 6.45) is -4.40. The number of H-pyrrole nitrogens is 1. The summed E-state index contributed by atoms with van der Waals surface area (Å²) in [5.74, 6) is 1.02. The van der Waals surface area contributed by atoms with Gasteiger partial charge in [-0.05, 0) is 19.1 Å². The molecule has 0 fully saturated rings. The van der Waals surface area contributed by atoms with E-state index in [1.54, 1.807) is 13.0 Å². The van der Waals surface area contributed by atoms with Gasteiger partial charge in [0.1, 0.15) is 12.4 Å². The first-order valence-corrected chi connectivity index (χ1v) is 6.53. The van der Waals surface area contributed by atoms with Gasteiger partial charge in [0.05, 0.1) is 6.54 Å². The van der Waals surface area contributed by atoms with Crippen LogP contribution in [0.15, 0.2) is 24.3 Å². The average Bonchev–Trinajstić information content (AvgIpc) is 2.42. The van der Waals surface area contributed by atoms with Crippen LogP contribution in [0.3, 0.4) is 0 Å². The highest BCUT2D eigenvalue weighted by molar-refractivity contribution is 5.40. The summed E-state index contributed by atoms with van der Waals surface area (Å²) in [5.41, 5.74) is 5.45. The molecule has 6 nitrogen and oxygen atoms in total. The lowest BCUT2D eigenvalue weighted by molar-refractivity contribution is -0.412. The molecular weight excluding hydrogens is 297 g/mol. The van der Waals surface area contributed by atoms with Crippen molar-refractivity contribution in [2.45, 2.75) is 13.1 Å². The quantitative estimate of drug-likeness (QED) is 0.731. The van der Waals surface area contributed by atoms with E-state index in [-0.39, 0.29) is 11.8 Å². The van der Waals surface area contributed by atoms with Gasteiger partial charge < -0.3 is 11.1 Å². The maximum Gasteiger partial charge on any atom is 0.453 e. The number of rotatable bonds is 5. The smallest absolute Gasteiger partial charge is 0.368 e. The van der Waals surface area contributed by atoms with E-state index in [0.29, 0.717) is 18.9 Å². The third kappa shape index (κ3) is 4.47. The van der Waals surface area contributed by atoms with E-state index in [2.05, 4.69) is 25.6 Å². The molecule has 2 rings (SSSR count). The first-order chi connectivity index (χ1) is 10.3. The van der Waals surface area contributed by atoms with Gasteiger partial charge >= 0.3 is 6.18 Å². The number of nitrogens with zero attached hydrogens (tertiary/aromatic N) is 2. The van der Waals surface area contributed by atoms with Gasteiger partial charge in [0.25, 0.3) is 5.82 Å². The van der Waals surface area contributed by atoms with Crippen molar-refractivity contribution in [2.75, 3.05) is 29.5 Å². The molecule has 0 radical (unpaired) electrons. The molecule has 0 aliphatic heterocycles. The number of halogens is 3. The van der Waals surface area contributed by atoms with Crippen molar-refractivity contribution in [3.05, 3.63) is 35.7 Å². The molecule has 0 aliphatic carbocycles. The van der Waals surface area contributed by atoms with Crippen molar-refractivity contribution >= 4 is 17.6 Å². The van der Waals surface area contributed by atoms with Gasteiger partial charge in [-0.25, -0.2) is 9.97 Å². The van der Waals surface area contributed by atoms with Crippen molar-refractivity contribution in [3.63, 3.8) is 0 Å². The Labute approximate surface area is 125 Å². The number of pyridine rings is 1. The zero-order valence-corrected chi connectivity index (χ0v) is 11.8. The van der Waals surface area contributed by atoms with Gasteiger partial charge in [0.2, 0.25) is 11.6 Å². The van der Waals surface area contributed by atoms with E-state index >= 15 is 0 Å². The Morgan fingerprint density at radius 1 is 1.18 bits per heavy atom. The number of aryl methyl sites for hydroxylation is 1. The van der Waals surface area contributed by atoms with Crippen LogP contribution in [0.4, 0.5) is 30.8 Å². The summed E-state index contributed by atoms with van der Waals surface area (Å²) in [5, 5.41) is 5.88. The van der Waals surface area contributed by atoms with Crippen molar-refractivity contribution in [3.8, 4) is 0 Å². The first kappa shape index (κ1) is 15.8. The molecule has 0 aromatic carbocycles. The van der Waals surface area contributed by atoms with E-state index in [9.17, 15) is 13.2 Å². The third-order valence-electron chi connectivity index (χ3n) is 2.72. The minimum atomic E-state index is -4.40. The van der Waals surface area contributed by atoms with Crippen molar-refractivity contribution in [1.29, 1.82) is 0 Å². The largest absolute Gasteiger partial charge is 0.453 e. The molecule has 0 saturated carbocycles. The predicted octanol–water partition coefficient (Wildman–Crippen LogP) is 1.72. The van der Waals surface area contributed by atoms with Crippen LogP contribution >= 0.6 is 0 Å². The molecule has 0 atom stereocenters. The zero-order chi connectivity index (χ0) is 16.2. The minimum absolute atomic E-state index is 0.168. The van der Waals surface area contributed by atoms with Crippen LogP contribution in [-0.2, 0) is 6.18 Å².